The molecule has 0 aromatic heterocycles. The molecule has 0 atom stereocenters. The van der Waals surface area contributed by atoms with Gasteiger partial charge in [-0.3, -0.25) is 4.90 Å². The molecule has 1 aromatic carbocycles. The van der Waals surface area contributed by atoms with Gasteiger partial charge in [-0.2, -0.15) is 0 Å². The summed E-state index contributed by atoms with van der Waals surface area (Å²) < 4.78 is 0. The van der Waals surface area contributed by atoms with Crippen LogP contribution in [0.1, 0.15) is 45.1 Å². The first kappa shape index (κ1) is 15.9. The van der Waals surface area contributed by atoms with Crippen molar-refractivity contribution in [3.05, 3.63) is 27.7 Å². The molecule has 0 unspecified atom stereocenters. The molecule has 112 valence electrons. The average molecular weight is 315 g/mol. The molecule has 4 heteroatoms. The van der Waals surface area contributed by atoms with Crippen molar-refractivity contribution in [3.8, 4) is 0 Å². The van der Waals surface area contributed by atoms with Crippen molar-refractivity contribution in [1.82, 2.24) is 4.90 Å². The van der Waals surface area contributed by atoms with Gasteiger partial charge in [-0.15, -0.1) is 0 Å². The lowest BCUT2D eigenvalue weighted by molar-refractivity contribution is 0.123. The van der Waals surface area contributed by atoms with Gasteiger partial charge in [-0.25, -0.2) is 0 Å². The second kappa shape index (κ2) is 6.13. The normalized spacial score (nSPS) is 19.5. The summed E-state index contributed by atoms with van der Waals surface area (Å²) in [6.07, 6.45) is 5.12. The van der Waals surface area contributed by atoms with Gasteiger partial charge in [0.2, 0.25) is 0 Å². The van der Waals surface area contributed by atoms with Gasteiger partial charge < -0.3 is 5.73 Å². The van der Waals surface area contributed by atoms with Gasteiger partial charge in [0.05, 0.1) is 15.7 Å². The van der Waals surface area contributed by atoms with E-state index in [2.05, 4.69) is 25.8 Å². The number of benzene rings is 1. The van der Waals surface area contributed by atoms with Gasteiger partial charge in [-0.1, -0.05) is 37.0 Å². The summed E-state index contributed by atoms with van der Waals surface area (Å²) in [7, 11) is 2.18. The van der Waals surface area contributed by atoms with Crippen LogP contribution in [0.15, 0.2) is 12.1 Å². The van der Waals surface area contributed by atoms with Crippen molar-refractivity contribution in [2.75, 3.05) is 12.8 Å². The molecule has 1 aliphatic carbocycles. The molecule has 0 amide bonds. The van der Waals surface area contributed by atoms with E-state index in [1.807, 2.05) is 12.1 Å². The molecule has 20 heavy (non-hydrogen) atoms. The van der Waals surface area contributed by atoms with Crippen LogP contribution in [-0.2, 0) is 6.54 Å². The number of nitrogen functional groups attached to an aromatic ring is 1. The van der Waals surface area contributed by atoms with E-state index in [4.69, 9.17) is 28.9 Å². The van der Waals surface area contributed by atoms with E-state index in [1.165, 1.54) is 25.7 Å². The van der Waals surface area contributed by atoms with Gasteiger partial charge in [0.15, 0.2) is 0 Å². The van der Waals surface area contributed by atoms with Crippen molar-refractivity contribution < 1.29 is 0 Å². The van der Waals surface area contributed by atoms with Crippen molar-refractivity contribution in [3.63, 3.8) is 0 Å². The van der Waals surface area contributed by atoms with Crippen LogP contribution in [0, 0.1) is 5.41 Å². The predicted molar refractivity (Wildman–Crippen MR) is 88.4 cm³/mol. The zero-order chi connectivity index (χ0) is 14.9. The summed E-state index contributed by atoms with van der Waals surface area (Å²) in [5.74, 6) is 0. The highest BCUT2D eigenvalue weighted by Gasteiger charge is 2.28. The smallest absolute Gasteiger partial charge is 0.0693 e. The molecule has 0 radical (unpaired) electrons. The zero-order valence-electron chi connectivity index (χ0n) is 12.5. The Kier molecular flexibility index (Phi) is 4.88. The van der Waals surface area contributed by atoms with Crippen LogP contribution in [-0.4, -0.2) is 18.0 Å². The van der Waals surface area contributed by atoms with Crippen LogP contribution >= 0.6 is 23.2 Å². The van der Waals surface area contributed by atoms with Gasteiger partial charge >= 0.3 is 0 Å². The largest absolute Gasteiger partial charge is 0.396 e. The Bertz CT molecular complexity index is 452. The van der Waals surface area contributed by atoms with E-state index in [0.717, 1.165) is 12.1 Å². The Labute approximate surface area is 132 Å². The first-order valence-electron chi connectivity index (χ1n) is 7.22. The highest BCUT2D eigenvalue weighted by Crippen LogP contribution is 2.37. The molecule has 1 aromatic rings. The molecule has 2 nitrogen and oxygen atoms in total. The van der Waals surface area contributed by atoms with Crippen molar-refractivity contribution >= 4 is 28.9 Å². The summed E-state index contributed by atoms with van der Waals surface area (Å²) in [6, 6.07) is 4.50. The van der Waals surface area contributed by atoms with Gasteiger partial charge in [0.25, 0.3) is 0 Å². The van der Waals surface area contributed by atoms with Gasteiger partial charge in [0, 0.05) is 12.6 Å². The summed E-state index contributed by atoms with van der Waals surface area (Å²) in [4.78, 5) is 2.41. The zero-order valence-corrected chi connectivity index (χ0v) is 14.1. The van der Waals surface area contributed by atoms with Crippen molar-refractivity contribution in [2.24, 2.45) is 5.41 Å². The summed E-state index contributed by atoms with van der Waals surface area (Å²) in [5, 5.41) is 1.09. The van der Waals surface area contributed by atoms with Gasteiger partial charge in [0.1, 0.15) is 0 Å². The highest BCUT2D eigenvalue weighted by atomic mass is 35.5. The van der Waals surface area contributed by atoms with Crippen molar-refractivity contribution in [1.29, 1.82) is 0 Å². The van der Waals surface area contributed by atoms with E-state index in [1.54, 1.807) is 0 Å². The number of rotatable bonds is 3. The fourth-order valence-electron chi connectivity index (χ4n) is 2.97. The van der Waals surface area contributed by atoms with E-state index < -0.39 is 0 Å². The van der Waals surface area contributed by atoms with Crippen LogP contribution in [0.4, 0.5) is 5.69 Å². The number of anilines is 1. The topological polar surface area (TPSA) is 29.3 Å². The molecule has 0 aliphatic heterocycles. The summed E-state index contributed by atoms with van der Waals surface area (Å²) in [5.41, 5.74) is 7.88. The number of nitrogens with zero attached hydrogens (tertiary/aromatic N) is 1. The van der Waals surface area contributed by atoms with Crippen molar-refractivity contribution in [2.45, 2.75) is 52.1 Å². The quantitative estimate of drug-likeness (QED) is 0.797. The second-order valence-corrected chi connectivity index (χ2v) is 7.60. The second-order valence-electron chi connectivity index (χ2n) is 6.78. The van der Waals surface area contributed by atoms with Crippen LogP contribution in [0.3, 0.4) is 0 Å². The first-order valence-corrected chi connectivity index (χ1v) is 7.98. The Morgan fingerprint density at radius 3 is 2.20 bits per heavy atom. The summed E-state index contributed by atoms with van der Waals surface area (Å²) >= 11 is 12.2. The molecule has 1 fully saturated rings. The number of hydrogen-bond acceptors (Lipinski definition) is 2. The third kappa shape index (κ3) is 3.81. The van der Waals surface area contributed by atoms with Crippen LogP contribution < -0.4 is 5.73 Å². The van der Waals surface area contributed by atoms with E-state index in [-0.39, 0.29) is 0 Å². The van der Waals surface area contributed by atoms with Crippen LogP contribution in [0.5, 0.6) is 0 Å². The van der Waals surface area contributed by atoms with Crippen LogP contribution in [0.25, 0.3) is 0 Å². The lowest BCUT2D eigenvalue weighted by Crippen LogP contribution is -2.36. The molecule has 0 saturated heterocycles. The Hall–Kier alpha value is -0.440. The summed E-state index contributed by atoms with van der Waals surface area (Å²) in [6.45, 7) is 5.59. The van der Waals surface area contributed by atoms with E-state index >= 15 is 0 Å². The number of halogens is 2. The lowest BCUT2D eigenvalue weighted by Gasteiger charge is -2.38. The highest BCUT2D eigenvalue weighted by molar-refractivity contribution is 6.38. The molecule has 0 bridgehead atoms. The molecule has 2 N–H and O–H groups in total. The standard InChI is InChI=1S/C16H24Cl2N2/c1-16(2)6-4-12(5-7-16)20(3)10-11-8-13(17)15(19)14(18)9-11/h8-9,12H,4-7,10,19H2,1-3H3. The number of hydrogen-bond donors (Lipinski definition) is 1. The Balaban J connectivity index is 2.00. The maximum atomic E-state index is 6.10. The minimum absolute atomic E-state index is 0.471. The average Bonchev–Trinajstić information content (AvgIpc) is 2.35. The van der Waals surface area contributed by atoms with Gasteiger partial charge in [-0.05, 0) is 55.8 Å². The fraction of sp³-hybridized carbons (Fsp3) is 0.625. The molecule has 0 spiro atoms. The van der Waals surface area contributed by atoms with E-state index in [9.17, 15) is 0 Å². The SMILES string of the molecule is CN(Cc1cc(Cl)c(N)c(Cl)c1)C1CCC(C)(C)CC1. The molecule has 0 heterocycles. The maximum Gasteiger partial charge on any atom is 0.0693 e. The molecule has 1 saturated carbocycles. The van der Waals surface area contributed by atoms with Crippen LogP contribution in [0.2, 0.25) is 10.0 Å². The Morgan fingerprint density at radius 2 is 1.70 bits per heavy atom. The minimum Gasteiger partial charge on any atom is -0.396 e. The monoisotopic (exact) mass is 314 g/mol. The van der Waals surface area contributed by atoms with E-state index in [0.29, 0.717) is 27.2 Å². The third-order valence-corrected chi connectivity index (χ3v) is 5.13. The lowest BCUT2D eigenvalue weighted by atomic mass is 9.75. The molecule has 1 aliphatic rings. The third-order valence-electron chi connectivity index (χ3n) is 4.50. The minimum atomic E-state index is 0.471. The number of nitrogens with two attached hydrogens (primary N) is 1. The molecular formula is C16H24Cl2N2. The fourth-order valence-corrected chi connectivity index (χ4v) is 3.50. The predicted octanol–water partition coefficient (Wildman–Crippen LogP) is 4.98. The first-order chi connectivity index (χ1) is 9.28. The Morgan fingerprint density at radius 1 is 1.20 bits per heavy atom. The molecular weight excluding hydrogens is 291 g/mol. The molecule has 2 rings (SSSR count). The maximum absolute atomic E-state index is 6.10.